The molecule has 6 nitrogen and oxygen atoms in total. The number of aromatic carboxylic acids is 1. The first-order chi connectivity index (χ1) is 10.2. The van der Waals surface area contributed by atoms with Crippen LogP contribution in [0, 0.1) is 0 Å². The first kappa shape index (κ1) is 13.0. The predicted octanol–water partition coefficient (Wildman–Crippen LogP) is 1.54. The Labute approximate surface area is 119 Å². The van der Waals surface area contributed by atoms with E-state index in [4.69, 9.17) is 0 Å². The van der Waals surface area contributed by atoms with Gasteiger partial charge < -0.3 is 5.11 Å². The molecule has 0 aliphatic carbocycles. The van der Waals surface area contributed by atoms with E-state index >= 15 is 0 Å². The molecule has 0 aliphatic rings. The third kappa shape index (κ3) is 2.38. The van der Waals surface area contributed by atoms with Crippen LogP contribution >= 0.6 is 0 Å². The number of rotatable bonds is 3. The summed E-state index contributed by atoms with van der Waals surface area (Å²) < 4.78 is 1.17. The van der Waals surface area contributed by atoms with Crippen molar-refractivity contribution < 1.29 is 9.90 Å². The molecule has 0 atom stereocenters. The van der Waals surface area contributed by atoms with Crippen LogP contribution in [0.2, 0.25) is 0 Å². The molecule has 0 saturated carbocycles. The molecular weight excluding hydrogens is 270 g/mol. The van der Waals surface area contributed by atoms with Crippen molar-refractivity contribution in [2.45, 2.75) is 6.54 Å². The van der Waals surface area contributed by atoms with Gasteiger partial charge in [-0.3, -0.25) is 9.78 Å². The monoisotopic (exact) mass is 281 g/mol. The molecule has 1 aromatic carbocycles. The van der Waals surface area contributed by atoms with Gasteiger partial charge in [0.25, 0.3) is 5.56 Å². The van der Waals surface area contributed by atoms with E-state index in [0.29, 0.717) is 10.8 Å². The standard InChI is InChI=1S/C15H11N3O3/c19-14-12-4-2-1-3-11(12)13(15(20)21)17-18(14)9-10-5-7-16-8-6-10/h1-8H,9H2,(H,20,21). The average molecular weight is 281 g/mol. The van der Waals surface area contributed by atoms with E-state index in [1.807, 2.05) is 0 Å². The third-order valence-corrected chi connectivity index (χ3v) is 3.15. The number of pyridine rings is 1. The summed E-state index contributed by atoms with van der Waals surface area (Å²) in [4.78, 5) is 27.6. The molecule has 0 saturated heterocycles. The van der Waals surface area contributed by atoms with Crippen molar-refractivity contribution in [3.8, 4) is 0 Å². The van der Waals surface area contributed by atoms with Crippen molar-refractivity contribution in [1.29, 1.82) is 0 Å². The summed E-state index contributed by atoms with van der Waals surface area (Å²) >= 11 is 0. The zero-order valence-electron chi connectivity index (χ0n) is 10.9. The smallest absolute Gasteiger partial charge is 0.357 e. The number of nitrogens with zero attached hydrogens (tertiary/aromatic N) is 3. The lowest BCUT2D eigenvalue weighted by atomic mass is 10.1. The van der Waals surface area contributed by atoms with Gasteiger partial charge in [-0.15, -0.1) is 0 Å². The third-order valence-electron chi connectivity index (χ3n) is 3.15. The maximum atomic E-state index is 12.4. The van der Waals surface area contributed by atoms with E-state index in [1.165, 1.54) is 4.68 Å². The highest BCUT2D eigenvalue weighted by Crippen LogP contribution is 2.13. The van der Waals surface area contributed by atoms with Crippen LogP contribution in [-0.4, -0.2) is 25.8 Å². The Bertz CT molecular complexity index is 872. The molecule has 3 rings (SSSR count). The number of hydrogen-bond donors (Lipinski definition) is 1. The molecule has 3 aromatic rings. The second-order valence-electron chi connectivity index (χ2n) is 4.52. The minimum Gasteiger partial charge on any atom is -0.476 e. The summed E-state index contributed by atoms with van der Waals surface area (Å²) in [6.07, 6.45) is 3.22. The Balaban J connectivity index is 2.22. The van der Waals surface area contributed by atoms with Gasteiger partial charge in [0.15, 0.2) is 5.69 Å². The van der Waals surface area contributed by atoms with E-state index in [0.717, 1.165) is 5.56 Å². The van der Waals surface area contributed by atoms with Gasteiger partial charge in [-0.25, -0.2) is 9.48 Å². The maximum Gasteiger partial charge on any atom is 0.357 e. The molecule has 104 valence electrons. The summed E-state index contributed by atoms with van der Waals surface area (Å²) in [6, 6.07) is 10.1. The SMILES string of the molecule is O=C(O)c1nn(Cc2ccncc2)c(=O)c2ccccc12. The van der Waals surface area contributed by atoms with Crippen LogP contribution in [-0.2, 0) is 6.54 Å². The predicted molar refractivity (Wildman–Crippen MR) is 76.3 cm³/mol. The quantitative estimate of drug-likeness (QED) is 0.787. The Kier molecular flexibility index (Phi) is 3.19. The molecular formula is C15H11N3O3. The molecule has 2 heterocycles. The fraction of sp³-hybridized carbons (Fsp3) is 0.0667. The van der Waals surface area contributed by atoms with Crippen LogP contribution in [0.15, 0.2) is 53.6 Å². The molecule has 0 bridgehead atoms. The molecule has 0 unspecified atom stereocenters. The zero-order valence-corrected chi connectivity index (χ0v) is 10.9. The van der Waals surface area contributed by atoms with E-state index in [1.54, 1.807) is 48.8 Å². The molecule has 2 aromatic heterocycles. The molecule has 0 fully saturated rings. The summed E-state index contributed by atoms with van der Waals surface area (Å²) in [5.41, 5.74) is 0.387. The molecule has 6 heteroatoms. The van der Waals surface area contributed by atoms with Gasteiger partial charge in [-0.1, -0.05) is 18.2 Å². The van der Waals surface area contributed by atoms with Crippen LogP contribution < -0.4 is 5.56 Å². The molecule has 0 spiro atoms. The van der Waals surface area contributed by atoms with Gasteiger partial charge in [0.05, 0.1) is 11.9 Å². The highest BCUT2D eigenvalue weighted by molar-refractivity contribution is 6.01. The average Bonchev–Trinajstić information content (AvgIpc) is 2.51. The summed E-state index contributed by atoms with van der Waals surface area (Å²) in [5.74, 6) is -1.16. The molecule has 1 N–H and O–H groups in total. The fourth-order valence-electron chi connectivity index (χ4n) is 2.16. The van der Waals surface area contributed by atoms with Crippen molar-refractivity contribution >= 4 is 16.7 Å². The van der Waals surface area contributed by atoms with Gasteiger partial charge >= 0.3 is 5.97 Å². The number of carboxylic acid groups (broad SMARTS) is 1. The van der Waals surface area contributed by atoms with Crippen molar-refractivity contribution in [3.05, 3.63) is 70.4 Å². The van der Waals surface area contributed by atoms with E-state index in [-0.39, 0.29) is 17.8 Å². The number of hydrogen-bond acceptors (Lipinski definition) is 4. The molecule has 21 heavy (non-hydrogen) atoms. The van der Waals surface area contributed by atoms with Crippen molar-refractivity contribution in [2.75, 3.05) is 0 Å². The molecule has 0 aliphatic heterocycles. The lowest BCUT2D eigenvalue weighted by Crippen LogP contribution is -2.26. The summed E-state index contributed by atoms with van der Waals surface area (Å²) in [7, 11) is 0. The van der Waals surface area contributed by atoms with Gasteiger partial charge in [0.2, 0.25) is 0 Å². The number of aromatic nitrogens is 3. The van der Waals surface area contributed by atoms with E-state index in [9.17, 15) is 14.7 Å². The van der Waals surface area contributed by atoms with Gasteiger partial charge in [0, 0.05) is 17.8 Å². The topological polar surface area (TPSA) is 85.1 Å². The first-order valence-electron chi connectivity index (χ1n) is 6.29. The number of fused-ring (bicyclic) bond motifs is 1. The van der Waals surface area contributed by atoms with Gasteiger partial charge in [-0.2, -0.15) is 5.10 Å². The van der Waals surface area contributed by atoms with Crippen LogP contribution in [0.4, 0.5) is 0 Å². The minimum absolute atomic E-state index is 0.126. The Morgan fingerprint density at radius 2 is 1.76 bits per heavy atom. The Morgan fingerprint density at radius 1 is 1.10 bits per heavy atom. The zero-order chi connectivity index (χ0) is 14.8. The lowest BCUT2D eigenvalue weighted by molar-refractivity contribution is 0.0690. The van der Waals surface area contributed by atoms with Crippen molar-refractivity contribution in [1.82, 2.24) is 14.8 Å². The normalized spacial score (nSPS) is 10.7. The second-order valence-corrected chi connectivity index (χ2v) is 4.52. The number of benzene rings is 1. The maximum absolute atomic E-state index is 12.4. The first-order valence-corrected chi connectivity index (χ1v) is 6.29. The summed E-state index contributed by atoms with van der Waals surface area (Å²) in [6.45, 7) is 0.201. The number of carboxylic acids is 1. The van der Waals surface area contributed by atoms with Gasteiger partial charge in [0.1, 0.15) is 0 Å². The van der Waals surface area contributed by atoms with Crippen LogP contribution in [0.25, 0.3) is 10.8 Å². The Morgan fingerprint density at radius 3 is 2.43 bits per heavy atom. The van der Waals surface area contributed by atoms with E-state index in [2.05, 4.69) is 10.1 Å². The molecule has 0 amide bonds. The van der Waals surface area contributed by atoms with Crippen LogP contribution in [0.1, 0.15) is 16.1 Å². The summed E-state index contributed by atoms with van der Waals surface area (Å²) in [5, 5.41) is 14.0. The second kappa shape index (κ2) is 5.16. The molecule has 0 radical (unpaired) electrons. The van der Waals surface area contributed by atoms with E-state index < -0.39 is 5.97 Å². The van der Waals surface area contributed by atoms with Crippen LogP contribution in [0.3, 0.4) is 0 Å². The Hall–Kier alpha value is -3.02. The lowest BCUT2D eigenvalue weighted by Gasteiger charge is -2.08. The highest BCUT2D eigenvalue weighted by Gasteiger charge is 2.15. The highest BCUT2D eigenvalue weighted by atomic mass is 16.4. The van der Waals surface area contributed by atoms with Crippen molar-refractivity contribution in [2.24, 2.45) is 0 Å². The minimum atomic E-state index is -1.16. The largest absolute Gasteiger partial charge is 0.476 e. The number of carbonyl (C=O) groups is 1. The fourth-order valence-corrected chi connectivity index (χ4v) is 2.16. The van der Waals surface area contributed by atoms with Crippen molar-refractivity contribution in [3.63, 3.8) is 0 Å². The van der Waals surface area contributed by atoms with Crippen LogP contribution in [0.5, 0.6) is 0 Å². The van der Waals surface area contributed by atoms with Gasteiger partial charge in [-0.05, 0) is 23.8 Å².